The van der Waals surface area contributed by atoms with E-state index in [0.29, 0.717) is 4.77 Å². The molecule has 0 amide bonds. The Hall–Kier alpha value is -0.900. The molecule has 1 heterocycles. The first-order valence-corrected chi connectivity index (χ1v) is 5.33. The van der Waals surface area contributed by atoms with Crippen molar-refractivity contribution >= 4 is 12.2 Å². The van der Waals surface area contributed by atoms with Gasteiger partial charge in [0, 0.05) is 18.3 Å². The van der Waals surface area contributed by atoms with Crippen LogP contribution in [-0.2, 0) is 19.9 Å². The van der Waals surface area contributed by atoms with Crippen LogP contribution >= 0.6 is 12.2 Å². The Bertz CT molecular complexity index is 431. The van der Waals surface area contributed by atoms with E-state index in [1.807, 2.05) is 6.92 Å². The molecule has 78 valence electrons. The first-order valence-electron chi connectivity index (χ1n) is 4.92. The molecule has 0 aromatic carbocycles. The van der Waals surface area contributed by atoms with Gasteiger partial charge in [-0.05, 0) is 25.1 Å². The molecule has 0 spiro atoms. The maximum Gasteiger partial charge on any atom is 0.257 e. The zero-order chi connectivity index (χ0) is 10.7. The summed E-state index contributed by atoms with van der Waals surface area (Å²) in [6.07, 6.45) is 2.67. The highest BCUT2D eigenvalue weighted by atomic mass is 32.1. The molecule has 1 rings (SSSR count). The molecule has 0 saturated carbocycles. The van der Waals surface area contributed by atoms with E-state index < -0.39 is 0 Å². The minimum atomic E-state index is 0.0414. The molecule has 0 saturated heterocycles. The van der Waals surface area contributed by atoms with Crippen LogP contribution in [0.4, 0.5) is 0 Å². The van der Waals surface area contributed by atoms with Crippen LogP contribution in [0.3, 0.4) is 0 Å². The highest BCUT2D eigenvalue weighted by Crippen LogP contribution is 2.04. The molecule has 3 nitrogen and oxygen atoms in total. The van der Waals surface area contributed by atoms with Crippen molar-refractivity contribution in [2.75, 3.05) is 0 Å². The summed E-state index contributed by atoms with van der Waals surface area (Å²) in [6.45, 7) is 4.08. The Morgan fingerprint density at radius 3 is 2.57 bits per heavy atom. The molecule has 0 aliphatic heterocycles. The van der Waals surface area contributed by atoms with Gasteiger partial charge in [-0.1, -0.05) is 20.3 Å². The third kappa shape index (κ3) is 1.95. The van der Waals surface area contributed by atoms with Gasteiger partial charge in [-0.2, -0.15) is 0 Å². The number of hydrogen-bond acceptors (Lipinski definition) is 2. The van der Waals surface area contributed by atoms with Crippen LogP contribution in [0.2, 0.25) is 0 Å². The van der Waals surface area contributed by atoms with E-state index in [-0.39, 0.29) is 5.56 Å². The Morgan fingerprint density at radius 1 is 1.43 bits per heavy atom. The molecule has 1 N–H and O–H groups in total. The quantitative estimate of drug-likeness (QED) is 0.778. The van der Waals surface area contributed by atoms with E-state index >= 15 is 0 Å². The summed E-state index contributed by atoms with van der Waals surface area (Å²) in [5, 5.41) is 0. The molecule has 1 aromatic rings. The average molecular weight is 212 g/mol. The van der Waals surface area contributed by atoms with Gasteiger partial charge in [0.15, 0.2) is 4.77 Å². The molecular weight excluding hydrogens is 196 g/mol. The smallest absolute Gasteiger partial charge is 0.257 e. The van der Waals surface area contributed by atoms with Crippen LogP contribution in [0.15, 0.2) is 4.79 Å². The van der Waals surface area contributed by atoms with Crippen molar-refractivity contribution in [3.63, 3.8) is 0 Å². The van der Waals surface area contributed by atoms with Crippen molar-refractivity contribution in [1.82, 2.24) is 9.55 Å². The summed E-state index contributed by atoms with van der Waals surface area (Å²) in [5.41, 5.74) is 1.91. The van der Waals surface area contributed by atoms with E-state index in [9.17, 15) is 4.79 Å². The lowest BCUT2D eigenvalue weighted by atomic mass is 10.1. The maximum atomic E-state index is 11.8. The Labute approximate surface area is 88.8 Å². The maximum absolute atomic E-state index is 11.8. The first kappa shape index (κ1) is 11.2. The van der Waals surface area contributed by atoms with Crippen molar-refractivity contribution in [3.8, 4) is 0 Å². The zero-order valence-electron chi connectivity index (χ0n) is 8.89. The minimum absolute atomic E-state index is 0.0414. The molecule has 0 unspecified atom stereocenters. The fourth-order valence-corrected chi connectivity index (χ4v) is 1.75. The molecule has 0 aliphatic rings. The van der Waals surface area contributed by atoms with Gasteiger partial charge >= 0.3 is 0 Å². The Balaban J connectivity index is 3.44. The largest absolute Gasteiger partial charge is 0.335 e. The van der Waals surface area contributed by atoms with Crippen molar-refractivity contribution in [1.29, 1.82) is 0 Å². The third-order valence-electron chi connectivity index (χ3n) is 2.34. The predicted octanol–water partition coefficient (Wildman–Crippen LogP) is 1.96. The second-order valence-corrected chi connectivity index (χ2v) is 3.74. The Morgan fingerprint density at radius 2 is 2.07 bits per heavy atom. The first-order chi connectivity index (χ1) is 6.61. The van der Waals surface area contributed by atoms with Gasteiger partial charge < -0.3 is 4.98 Å². The molecule has 1 aromatic heterocycles. The lowest BCUT2D eigenvalue weighted by molar-refractivity contribution is 0.740. The highest BCUT2D eigenvalue weighted by Gasteiger charge is 2.07. The van der Waals surface area contributed by atoms with Crippen LogP contribution in [-0.4, -0.2) is 9.55 Å². The monoisotopic (exact) mass is 212 g/mol. The van der Waals surface area contributed by atoms with Crippen LogP contribution in [0.5, 0.6) is 0 Å². The number of aryl methyl sites for hydroxylation is 1. The third-order valence-corrected chi connectivity index (χ3v) is 2.72. The van der Waals surface area contributed by atoms with Gasteiger partial charge in [0.05, 0.1) is 0 Å². The topological polar surface area (TPSA) is 37.8 Å². The number of nitrogens with one attached hydrogen (secondary N) is 1. The average Bonchev–Trinajstić information content (AvgIpc) is 2.16. The lowest BCUT2D eigenvalue weighted by Crippen LogP contribution is -2.25. The van der Waals surface area contributed by atoms with Crippen molar-refractivity contribution in [2.24, 2.45) is 7.05 Å². The molecule has 0 aliphatic carbocycles. The normalized spacial score (nSPS) is 10.5. The van der Waals surface area contributed by atoms with E-state index in [0.717, 1.165) is 30.5 Å². The second-order valence-electron chi connectivity index (χ2n) is 3.35. The number of nitrogens with zero attached hydrogens (tertiary/aromatic N) is 1. The molecule has 0 bridgehead atoms. The van der Waals surface area contributed by atoms with E-state index in [1.165, 1.54) is 4.57 Å². The highest BCUT2D eigenvalue weighted by molar-refractivity contribution is 7.71. The molecule has 0 atom stereocenters. The summed E-state index contributed by atoms with van der Waals surface area (Å²) in [5.74, 6) is 0. The summed E-state index contributed by atoms with van der Waals surface area (Å²) < 4.78 is 2.00. The molecule has 14 heavy (non-hydrogen) atoms. The van der Waals surface area contributed by atoms with Gasteiger partial charge in [0.25, 0.3) is 5.56 Å². The summed E-state index contributed by atoms with van der Waals surface area (Å²) >= 11 is 5.06. The molecular formula is C10H16N2OS. The van der Waals surface area contributed by atoms with Crippen LogP contribution < -0.4 is 5.56 Å². The van der Waals surface area contributed by atoms with Crippen molar-refractivity contribution in [3.05, 3.63) is 26.4 Å². The van der Waals surface area contributed by atoms with Crippen molar-refractivity contribution in [2.45, 2.75) is 33.1 Å². The van der Waals surface area contributed by atoms with E-state index in [1.54, 1.807) is 7.05 Å². The molecule has 0 fully saturated rings. The van der Waals surface area contributed by atoms with Gasteiger partial charge in [0.1, 0.15) is 0 Å². The van der Waals surface area contributed by atoms with Gasteiger partial charge in [0.2, 0.25) is 0 Å². The van der Waals surface area contributed by atoms with Crippen molar-refractivity contribution < 1.29 is 0 Å². The molecule has 0 radical (unpaired) electrons. The van der Waals surface area contributed by atoms with Crippen LogP contribution in [0.25, 0.3) is 0 Å². The second kappa shape index (κ2) is 4.55. The lowest BCUT2D eigenvalue weighted by Gasteiger charge is -2.08. The number of hydrogen-bond donors (Lipinski definition) is 1. The van der Waals surface area contributed by atoms with E-state index in [4.69, 9.17) is 12.2 Å². The minimum Gasteiger partial charge on any atom is -0.335 e. The van der Waals surface area contributed by atoms with Gasteiger partial charge in [-0.25, -0.2) is 0 Å². The predicted molar refractivity (Wildman–Crippen MR) is 60.2 cm³/mol. The summed E-state index contributed by atoms with van der Waals surface area (Å²) in [7, 11) is 1.70. The van der Waals surface area contributed by atoms with Crippen LogP contribution in [0, 0.1) is 4.77 Å². The van der Waals surface area contributed by atoms with Gasteiger partial charge in [-0.3, -0.25) is 9.36 Å². The van der Waals surface area contributed by atoms with Crippen LogP contribution in [0.1, 0.15) is 31.5 Å². The number of H-pyrrole nitrogens is 1. The zero-order valence-corrected chi connectivity index (χ0v) is 9.70. The van der Waals surface area contributed by atoms with Gasteiger partial charge in [-0.15, -0.1) is 0 Å². The summed E-state index contributed by atoms with van der Waals surface area (Å²) in [4.78, 5) is 14.9. The standard InChI is InChI=1S/C10H16N2OS/c1-4-6-8-7(5-2)9(13)12(3)10(14)11-8/h4-6H2,1-3H3,(H,11,14). The Kier molecular flexibility index (Phi) is 3.63. The fourth-order valence-electron chi connectivity index (χ4n) is 1.54. The van der Waals surface area contributed by atoms with E-state index in [2.05, 4.69) is 11.9 Å². The summed E-state index contributed by atoms with van der Waals surface area (Å²) in [6, 6.07) is 0. The fraction of sp³-hybridized carbons (Fsp3) is 0.600. The number of aromatic amines is 1. The SMILES string of the molecule is CCCc1[nH]c(=S)n(C)c(=O)c1CC. The number of aromatic nitrogens is 2. The molecule has 4 heteroatoms. The number of rotatable bonds is 3.